The summed E-state index contributed by atoms with van der Waals surface area (Å²) in [6.07, 6.45) is 7.21. The van der Waals surface area contributed by atoms with E-state index < -0.39 is 9.84 Å². The van der Waals surface area contributed by atoms with Crippen molar-refractivity contribution in [3.05, 3.63) is 35.8 Å². The Morgan fingerprint density at radius 3 is 2.90 bits per heavy atom. The number of carbonyl (C=O) groups excluding carboxylic acids is 1. The van der Waals surface area contributed by atoms with Crippen LogP contribution in [0.1, 0.15) is 35.3 Å². The number of rotatable bonds is 3. The van der Waals surface area contributed by atoms with E-state index >= 15 is 0 Å². The SMILES string of the molecule is O=Cc1ccc2nc(CC3CCCCS3(=O)=O)cn2c1. The molecule has 106 valence electrons. The number of carbonyl (C=O) groups is 1. The Hall–Kier alpha value is -1.69. The van der Waals surface area contributed by atoms with Crippen molar-refractivity contribution < 1.29 is 13.2 Å². The Kier molecular flexibility index (Phi) is 3.33. The maximum atomic E-state index is 12.0. The van der Waals surface area contributed by atoms with Crippen LogP contribution >= 0.6 is 0 Å². The fraction of sp³-hybridized carbons (Fsp3) is 0.429. The van der Waals surface area contributed by atoms with Crippen LogP contribution in [0.25, 0.3) is 5.65 Å². The van der Waals surface area contributed by atoms with Crippen LogP contribution in [-0.2, 0) is 16.3 Å². The highest BCUT2D eigenvalue weighted by Crippen LogP contribution is 2.23. The topological polar surface area (TPSA) is 68.5 Å². The van der Waals surface area contributed by atoms with E-state index in [1.807, 2.05) is 6.20 Å². The minimum atomic E-state index is -2.98. The molecule has 1 aliphatic heterocycles. The van der Waals surface area contributed by atoms with Crippen molar-refractivity contribution in [3.63, 3.8) is 0 Å². The molecule has 0 aliphatic carbocycles. The Labute approximate surface area is 117 Å². The summed E-state index contributed by atoms with van der Waals surface area (Å²) in [7, 11) is -2.98. The van der Waals surface area contributed by atoms with Gasteiger partial charge < -0.3 is 4.40 Å². The lowest BCUT2D eigenvalue weighted by atomic mass is 10.1. The van der Waals surface area contributed by atoms with Crippen molar-refractivity contribution in [2.24, 2.45) is 0 Å². The molecule has 0 radical (unpaired) electrons. The van der Waals surface area contributed by atoms with Gasteiger partial charge in [0.15, 0.2) is 16.1 Å². The molecule has 1 atom stereocenters. The minimum Gasteiger partial charge on any atom is -0.306 e. The van der Waals surface area contributed by atoms with Crippen LogP contribution in [0.5, 0.6) is 0 Å². The summed E-state index contributed by atoms with van der Waals surface area (Å²) in [5.74, 6) is 0.292. The molecule has 1 saturated heterocycles. The van der Waals surface area contributed by atoms with Gasteiger partial charge >= 0.3 is 0 Å². The molecule has 2 aromatic rings. The zero-order valence-corrected chi connectivity index (χ0v) is 11.8. The molecule has 0 aromatic carbocycles. The number of aldehydes is 1. The van der Waals surface area contributed by atoms with E-state index in [1.54, 1.807) is 22.7 Å². The lowest BCUT2D eigenvalue weighted by Crippen LogP contribution is -2.30. The second kappa shape index (κ2) is 5.01. The molecule has 0 N–H and O–H groups in total. The fourth-order valence-corrected chi connectivity index (χ4v) is 4.60. The molecule has 20 heavy (non-hydrogen) atoms. The summed E-state index contributed by atoms with van der Waals surface area (Å²) < 4.78 is 25.8. The molecule has 1 unspecified atom stereocenters. The molecule has 6 heteroatoms. The molecule has 3 rings (SSSR count). The predicted molar refractivity (Wildman–Crippen MR) is 75.7 cm³/mol. The minimum absolute atomic E-state index is 0.292. The Bertz CT molecular complexity index is 749. The van der Waals surface area contributed by atoms with Gasteiger partial charge in [-0.3, -0.25) is 4.79 Å². The smallest absolute Gasteiger partial charge is 0.153 e. The highest BCUT2D eigenvalue weighted by Gasteiger charge is 2.29. The molecule has 0 amide bonds. The zero-order valence-electron chi connectivity index (χ0n) is 11.0. The third-order valence-electron chi connectivity index (χ3n) is 3.81. The zero-order chi connectivity index (χ0) is 14.2. The average molecular weight is 292 g/mol. The maximum Gasteiger partial charge on any atom is 0.153 e. The van der Waals surface area contributed by atoms with Crippen LogP contribution < -0.4 is 0 Å². The molecule has 0 bridgehead atoms. The molecule has 5 nitrogen and oxygen atoms in total. The number of imidazole rings is 1. The van der Waals surface area contributed by atoms with Crippen molar-refractivity contribution in [3.8, 4) is 0 Å². The summed E-state index contributed by atoms with van der Waals surface area (Å²) in [6, 6.07) is 3.47. The molecule has 0 spiro atoms. The molecule has 0 saturated carbocycles. The van der Waals surface area contributed by atoms with E-state index in [0.717, 1.165) is 36.9 Å². The number of aromatic nitrogens is 2. The average Bonchev–Trinajstić information content (AvgIpc) is 2.82. The van der Waals surface area contributed by atoms with Crippen molar-refractivity contribution in [2.75, 3.05) is 5.75 Å². The Morgan fingerprint density at radius 1 is 1.30 bits per heavy atom. The van der Waals surface area contributed by atoms with Crippen LogP contribution in [-0.4, -0.2) is 35.1 Å². The molecule has 1 fully saturated rings. The van der Waals surface area contributed by atoms with E-state index in [0.29, 0.717) is 17.7 Å². The Balaban J connectivity index is 1.89. The highest BCUT2D eigenvalue weighted by atomic mass is 32.2. The molecular formula is C14H16N2O3S. The standard InChI is InChI=1S/C14H16N2O3S/c17-10-11-4-5-14-15-12(9-16(14)8-11)7-13-3-1-2-6-20(13,18)19/h4-5,8-10,13H,1-3,6-7H2. The van der Waals surface area contributed by atoms with Gasteiger partial charge in [-0.1, -0.05) is 6.42 Å². The summed E-state index contributed by atoms with van der Waals surface area (Å²) in [5, 5.41) is -0.313. The molecule has 3 heterocycles. The molecule has 2 aromatic heterocycles. The van der Waals surface area contributed by atoms with Crippen molar-refractivity contribution >= 4 is 21.8 Å². The first-order valence-corrected chi connectivity index (χ1v) is 8.44. The van der Waals surface area contributed by atoms with Gasteiger partial charge in [0.05, 0.1) is 16.7 Å². The van der Waals surface area contributed by atoms with Gasteiger partial charge in [-0.25, -0.2) is 13.4 Å². The monoisotopic (exact) mass is 292 g/mol. The fourth-order valence-electron chi connectivity index (χ4n) is 2.71. The largest absolute Gasteiger partial charge is 0.306 e. The van der Waals surface area contributed by atoms with Crippen LogP contribution in [0.3, 0.4) is 0 Å². The van der Waals surface area contributed by atoms with E-state index in [2.05, 4.69) is 4.98 Å². The first kappa shape index (κ1) is 13.3. The summed E-state index contributed by atoms with van der Waals surface area (Å²) >= 11 is 0. The van der Waals surface area contributed by atoms with Gasteiger partial charge in [0.25, 0.3) is 0 Å². The van der Waals surface area contributed by atoms with Crippen LogP contribution in [0.4, 0.5) is 0 Å². The maximum absolute atomic E-state index is 12.0. The number of pyridine rings is 1. The quantitative estimate of drug-likeness (QED) is 0.807. The lowest BCUT2D eigenvalue weighted by Gasteiger charge is -2.21. The van der Waals surface area contributed by atoms with Crippen LogP contribution in [0.2, 0.25) is 0 Å². The second-order valence-corrected chi connectivity index (χ2v) is 7.67. The van der Waals surface area contributed by atoms with Crippen molar-refractivity contribution in [1.29, 1.82) is 0 Å². The highest BCUT2D eigenvalue weighted by molar-refractivity contribution is 7.92. The normalized spacial score (nSPS) is 21.9. The first-order chi connectivity index (χ1) is 9.58. The molecule has 1 aliphatic rings. The van der Waals surface area contributed by atoms with Gasteiger partial charge in [-0.2, -0.15) is 0 Å². The van der Waals surface area contributed by atoms with Gasteiger partial charge in [0.2, 0.25) is 0 Å². The van der Waals surface area contributed by atoms with E-state index in [1.165, 1.54) is 0 Å². The second-order valence-electron chi connectivity index (χ2n) is 5.27. The van der Waals surface area contributed by atoms with Crippen LogP contribution in [0.15, 0.2) is 24.5 Å². The van der Waals surface area contributed by atoms with Gasteiger partial charge in [0.1, 0.15) is 5.65 Å². The van der Waals surface area contributed by atoms with Crippen molar-refractivity contribution in [2.45, 2.75) is 30.9 Å². The summed E-state index contributed by atoms with van der Waals surface area (Å²) in [4.78, 5) is 15.2. The third-order valence-corrected chi connectivity index (χ3v) is 6.09. The van der Waals surface area contributed by atoms with Gasteiger partial charge in [-0.05, 0) is 25.0 Å². The van der Waals surface area contributed by atoms with Gasteiger partial charge in [0, 0.05) is 24.4 Å². The summed E-state index contributed by atoms with van der Waals surface area (Å²) in [5.41, 5.74) is 2.08. The third kappa shape index (κ3) is 2.47. The number of nitrogens with zero attached hydrogens (tertiary/aromatic N) is 2. The summed E-state index contributed by atoms with van der Waals surface area (Å²) in [6.45, 7) is 0. The number of hydrogen-bond donors (Lipinski definition) is 0. The van der Waals surface area contributed by atoms with E-state index in [9.17, 15) is 13.2 Å². The first-order valence-electron chi connectivity index (χ1n) is 6.73. The van der Waals surface area contributed by atoms with Gasteiger partial charge in [-0.15, -0.1) is 0 Å². The predicted octanol–water partition coefficient (Wildman–Crippen LogP) is 1.66. The lowest BCUT2D eigenvalue weighted by molar-refractivity contribution is 0.112. The van der Waals surface area contributed by atoms with Crippen LogP contribution in [0, 0.1) is 0 Å². The Morgan fingerprint density at radius 2 is 2.15 bits per heavy atom. The van der Waals surface area contributed by atoms with Crippen molar-refractivity contribution in [1.82, 2.24) is 9.38 Å². The number of hydrogen-bond acceptors (Lipinski definition) is 4. The van der Waals surface area contributed by atoms with E-state index in [-0.39, 0.29) is 5.25 Å². The number of fused-ring (bicyclic) bond motifs is 1. The molecular weight excluding hydrogens is 276 g/mol. The number of sulfone groups is 1. The van der Waals surface area contributed by atoms with E-state index in [4.69, 9.17) is 0 Å².